The van der Waals surface area contributed by atoms with E-state index >= 15 is 0 Å². The van der Waals surface area contributed by atoms with Gasteiger partial charge in [-0.05, 0) is 18.9 Å². The minimum absolute atomic E-state index is 0.340. The molecule has 1 heterocycles. The molecule has 0 spiro atoms. The molecular weight excluding hydrogens is 266 g/mol. The van der Waals surface area contributed by atoms with Gasteiger partial charge in [-0.1, -0.05) is 29.8 Å². The van der Waals surface area contributed by atoms with Gasteiger partial charge in [-0.25, -0.2) is 5.84 Å². The molecule has 2 aromatic rings. The number of aromatic nitrogens is 3. The normalized spacial score (nSPS) is 10.3. The van der Waals surface area contributed by atoms with Crippen LogP contribution in [0.1, 0.15) is 11.1 Å². The molecule has 0 radical (unpaired) electrons. The topological polar surface area (TPSA) is 92.0 Å². The van der Waals surface area contributed by atoms with Gasteiger partial charge >= 0.3 is 0 Å². The lowest BCUT2D eigenvalue weighted by molar-refractivity contribution is 0.926. The van der Waals surface area contributed by atoms with Crippen molar-refractivity contribution in [3.63, 3.8) is 0 Å². The Hall–Kier alpha value is -2.41. The van der Waals surface area contributed by atoms with Crippen molar-refractivity contribution >= 4 is 17.8 Å². The summed E-state index contributed by atoms with van der Waals surface area (Å²) in [5.74, 6) is 6.78. The Morgan fingerprint density at radius 3 is 2.57 bits per heavy atom. The van der Waals surface area contributed by atoms with Gasteiger partial charge in [-0.2, -0.15) is 15.0 Å². The van der Waals surface area contributed by atoms with Gasteiger partial charge in [-0.15, -0.1) is 0 Å². The monoisotopic (exact) mass is 287 g/mol. The Kier molecular flexibility index (Phi) is 4.89. The van der Waals surface area contributed by atoms with Gasteiger partial charge in [-0.3, -0.25) is 5.43 Å². The molecule has 0 bridgehead atoms. The summed E-state index contributed by atoms with van der Waals surface area (Å²) < 4.78 is 0. The number of nitrogens with zero attached hydrogens (tertiary/aromatic N) is 4. The molecule has 0 atom stereocenters. The van der Waals surface area contributed by atoms with Crippen LogP contribution in [0, 0.1) is 6.92 Å². The van der Waals surface area contributed by atoms with Crippen LogP contribution in [-0.4, -0.2) is 35.6 Å². The van der Waals surface area contributed by atoms with Crippen LogP contribution in [-0.2, 0) is 6.42 Å². The van der Waals surface area contributed by atoms with Gasteiger partial charge in [0, 0.05) is 20.6 Å². The first kappa shape index (κ1) is 15.0. The molecule has 0 fully saturated rings. The van der Waals surface area contributed by atoms with Crippen LogP contribution in [0.5, 0.6) is 0 Å². The molecule has 7 heteroatoms. The predicted molar refractivity (Wildman–Crippen MR) is 85.3 cm³/mol. The third kappa shape index (κ3) is 4.28. The first-order chi connectivity index (χ1) is 10.1. The van der Waals surface area contributed by atoms with E-state index in [9.17, 15) is 0 Å². The average molecular weight is 287 g/mol. The lowest BCUT2D eigenvalue weighted by Gasteiger charge is -2.13. The summed E-state index contributed by atoms with van der Waals surface area (Å²) in [6.45, 7) is 2.83. The Morgan fingerprint density at radius 2 is 1.90 bits per heavy atom. The van der Waals surface area contributed by atoms with E-state index in [0.29, 0.717) is 17.8 Å². The fourth-order valence-electron chi connectivity index (χ4n) is 1.89. The Morgan fingerprint density at radius 1 is 1.14 bits per heavy atom. The molecule has 1 aromatic carbocycles. The van der Waals surface area contributed by atoms with Gasteiger partial charge < -0.3 is 10.2 Å². The van der Waals surface area contributed by atoms with Crippen molar-refractivity contribution < 1.29 is 0 Å². The Bertz CT molecular complexity index is 598. The average Bonchev–Trinajstić information content (AvgIpc) is 2.47. The number of hydrazine groups is 1. The lowest BCUT2D eigenvalue weighted by Crippen LogP contribution is -2.19. The van der Waals surface area contributed by atoms with Crippen LogP contribution in [0.2, 0.25) is 0 Å². The minimum Gasteiger partial charge on any atom is -0.354 e. The largest absolute Gasteiger partial charge is 0.354 e. The third-order valence-electron chi connectivity index (χ3n) is 2.93. The number of hydrogen-bond acceptors (Lipinski definition) is 7. The molecule has 1 aromatic heterocycles. The molecule has 4 N–H and O–H groups in total. The van der Waals surface area contributed by atoms with Gasteiger partial charge in [0.2, 0.25) is 17.8 Å². The van der Waals surface area contributed by atoms with Gasteiger partial charge in [0.05, 0.1) is 0 Å². The maximum atomic E-state index is 5.38. The quantitative estimate of drug-likeness (QED) is 0.543. The van der Waals surface area contributed by atoms with E-state index in [1.165, 1.54) is 11.1 Å². The van der Waals surface area contributed by atoms with E-state index in [4.69, 9.17) is 5.84 Å². The van der Waals surface area contributed by atoms with Gasteiger partial charge in [0.15, 0.2) is 0 Å². The van der Waals surface area contributed by atoms with E-state index in [0.717, 1.165) is 13.0 Å². The maximum absolute atomic E-state index is 5.38. The van der Waals surface area contributed by atoms with Crippen molar-refractivity contribution in [3.8, 4) is 0 Å². The van der Waals surface area contributed by atoms with Crippen LogP contribution >= 0.6 is 0 Å². The highest BCUT2D eigenvalue weighted by molar-refractivity contribution is 5.42. The molecular formula is C14H21N7. The number of hydrogen-bond donors (Lipinski definition) is 3. The second-order valence-corrected chi connectivity index (χ2v) is 4.99. The second-order valence-electron chi connectivity index (χ2n) is 4.99. The van der Waals surface area contributed by atoms with E-state index in [2.05, 4.69) is 56.9 Å². The highest BCUT2D eigenvalue weighted by Gasteiger charge is 2.06. The predicted octanol–water partition coefficient (Wildman–Crippen LogP) is 1.19. The van der Waals surface area contributed by atoms with Crippen LogP contribution < -0.4 is 21.5 Å². The lowest BCUT2D eigenvalue weighted by atomic mass is 10.1. The molecule has 0 amide bonds. The summed E-state index contributed by atoms with van der Waals surface area (Å²) in [6, 6.07) is 8.44. The second kappa shape index (κ2) is 6.85. The van der Waals surface area contributed by atoms with Crippen LogP contribution in [0.4, 0.5) is 17.8 Å². The molecule has 112 valence electrons. The Balaban J connectivity index is 2.01. The molecule has 21 heavy (non-hydrogen) atoms. The molecule has 0 aliphatic rings. The standard InChI is InChI=1S/C14H21N7/c1-10-5-4-6-11(9-10)7-8-16-12-17-13(20-15)19-14(18-12)21(2)3/h4-6,9H,7-8,15H2,1-3H3,(H2,16,17,18,19,20). The van der Waals surface area contributed by atoms with E-state index < -0.39 is 0 Å². The zero-order valence-corrected chi connectivity index (χ0v) is 12.6. The number of nitrogens with one attached hydrogen (secondary N) is 2. The zero-order chi connectivity index (χ0) is 15.2. The number of aryl methyl sites for hydroxylation is 1. The molecule has 0 unspecified atom stereocenters. The third-order valence-corrected chi connectivity index (χ3v) is 2.93. The molecule has 0 saturated heterocycles. The minimum atomic E-state index is 0.340. The number of nitrogen functional groups attached to an aromatic ring is 1. The van der Waals surface area contributed by atoms with E-state index in [1.54, 1.807) is 4.90 Å². The fraction of sp³-hybridized carbons (Fsp3) is 0.357. The van der Waals surface area contributed by atoms with Crippen molar-refractivity contribution in [3.05, 3.63) is 35.4 Å². The van der Waals surface area contributed by atoms with Crippen molar-refractivity contribution in [1.29, 1.82) is 0 Å². The maximum Gasteiger partial charge on any atom is 0.243 e. The van der Waals surface area contributed by atoms with Gasteiger partial charge in [0.25, 0.3) is 0 Å². The SMILES string of the molecule is Cc1cccc(CCNc2nc(NN)nc(N(C)C)n2)c1. The molecule has 7 nitrogen and oxygen atoms in total. The van der Waals surface area contributed by atoms with Crippen molar-refractivity contribution in [2.75, 3.05) is 36.3 Å². The number of nitrogens with two attached hydrogens (primary N) is 1. The first-order valence-electron chi connectivity index (χ1n) is 6.78. The van der Waals surface area contributed by atoms with Gasteiger partial charge in [0.1, 0.15) is 0 Å². The smallest absolute Gasteiger partial charge is 0.243 e. The van der Waals surface area contributed by atoms with Crippen LogP contribution in [0.25, 0.3) is 0 Å². The van der Waals surface area contributed by atoms with Crippen LogP contribution in [0.3, 0.4) is 0 Å². The summed E-state index contributed by atoms with van der Waals surface area (Å²) in [5, 5.41) is 3.20. The van der Waals surface area contributed by atoms with E-state index in [-0.39, 0.29) is 0 Å². The summed E-state index contributed by atoms with van der Waals surface area (Å²) in [7, 11) is 3.73. The highest BCUT2D eigenvalue weighted by atomic mass is 15.4. The molecule has 2 rings (SSSR count). The first-order valence-corrected chi connectivity index (χ1v) is 6.78. The molecule has 0 saturated carbocycles. The summed E-state index contributed by atoms with van der Waals surface area (Å²) in [5.41, 5.74) is 4.99. The van der Waals surface area contributed by atoms with Crippen molar-refractivity contribution in [2.24, 2.45) is 5.84 Å². The van der Waals surface area contributed by atoms with E-state index in [1.807, 2.05) is 14.1 Å². The van der Waals surface area contributed by atoms with Crippen molar-refractivity contribution in [2.45, 2.75) is 13.3 Å². The zero-order valence-electron chi connectivity index (χ0n) is 12.6. The fourth-order valence-corrected chi connectivity index (χ4v) is 1.89. The van der Waals surface area contributed by atoms with Crippen LogP contribution in [0.15, 0.2) is 24.3 Å². The highest BCUT2D eigenvalue weighted by Crippen LogP contribution is 2.11. The molecule has 0 aliphatic carbocycles. The van der Waals surface area contributed by atoms with Crippen molar-refractivity contribution in [1.82, 2.24) is 15.0 Å². The number of rotatable bonds is 6. The molecule has 0 aliphatic heterocycles. The number of anilines is 3. The summed E-state index contributed by atoms with van der Waals surface area (Å²) in [4.78, 5) is 14.5. The summed E-state index contributed by atoms with van der Waals surface area (Å²) in [6.07, 6.45) is 0.899. The Labute approximate surface area is 124 Å². The summed E-state index contributed by atoms with van der Waals surface area (Å²) >= 11 is 0. The number of benzene rings is 1.